The molecule has 23 heavy (non-hydrogen) atoms. The van der Waals surface area contributed by atoms with Crippen molar-refractivity contribution in [1.29, 1.82) is 0 Å². The maximum absolute atomic E-state index is 12.9. The van der Waals surface area contributed by atoms with E-state index in [1.807, 2.05) is 0 Å². The first-order valence-electron chi connectivity index (χ1n) is 7.20. The molecule has 1 amide bonds. The molecule has 1 aromatic heterocycles. The third-order valence-electron chi connectivity index (χ3n) is 3.92. The van der Waals surface area contributed by atoms with Crippen LogP contribution in [0.2, 0.25) is 0 Å². The van der Waals surface area contributed by atoms with Crippen LogP contribution in [-0.4, -0.2) is 43.8 Å². The van der Waals surface area contributed by atoms with Crippen LogP contribution < -0.4 is 14.2 Å². The second-order valence-corrected chi connectivity index (χ2v) is 5.13. The summed E-state index contributed by atoms with van der Waals surface area (Å²) in [4.78, 5) is 14.6. The van der Waals surface area contributed by atoms with E-state index in [0.717, 1.165) is 11.3 Å². The Kier molecular flexibility index (Phi) is 4.10. The predicted octanol–water partition coefficient (Wildman–Crippen LogP) is 1.90. The molecule has 0 radical (unpaired) electrons. The number of carbonyl (C=O) groups is 1. The first kappa shape index (κ1) is 15.2. The molecule has 0 unspecified atom stereocenters. The van der Waals surface area contributed by atoms with E-state index in [1.54, 1.807) is 23.2 Å². The molecule has 0 bridgehead atoms. The number of amides is 1. The van der Waals surface area contributed by atoms with Crippen LogP contribution in [0.1, 0.15) is 21.7 Å². The number of nitrogens with zero attached hydrogens (tertiary/aromatic N) is 2. The average Bonchev–Trinajstić information content (AvgIpc) is 3.07. The number of carbonyl (C=O) groups excluding carboxylic acids is 1. The molecule has 0 aliphatic carbocycles. The second kappa shape index (κ2) is 6.20. The number of fused-ring (bicyclic) bond motifs is 1. The smallest absolute Gasteiger partial charge is 0.258 e. The fourth-order valence-corrected chi connectivity index (χ4v) is 2.75. The summed E-state index contributed by atoms with van der Waals surface area (Å²) in [6.45, 7) is 1.04. The molecule has 2 aromatic rings. The lowest BCUT2D eigenvalue weighted by Gasteiger charge is -2.26. The van der Waals surface area contributed by atoms with Crippen molar-refractivity contribution in [3.8, 4) is 17.2 Å². The number of aromatic nitrogens is 1. The number of hydrogen-bond acceptors (Lipinski definition) is 6. The molecule has 0 spiro atoms. The first-order valence-corrected chi connectivity index (χ1v) is 7.20. The summed E-state index contributed by atoms with van der Waals surface area (Å²) in [5.74, 6) is 2.00. The third kappa shape index (κ3) is 2.58. The van der Waals surface area contributed by atoms with E-state index in [9.17, 15) is 4.79 Å². The maximum atomic E-state index is 12.9. The largest absolute Gasteiger partial charge is 0.493 e. The Morgan fingerprint density at radius 3 is 2.65 bits per heavy atom. The van der Waals surface area contributed by atoms with Gasteiger partial charge in [-0.3, -0.25) is 4.79 Å². The van der Waals surface area contributed by atoms with E-state index in [1.165, 1.54) is 21.3 Å². The number of rotatable bonds is 4. The molecule has 7 heteroatoms. The van der Waals surface area contributed by atoms with Crippen molar-refractivity contribution in [3.05, 3.63) is 35.2 Å². The van der Waals surface area contributed by atoms with E-state index in [2.05, 4.69) is 5.16 Å². The minimum Gasteiger partial charge on any atom is -0.493 e. The summed E-state index contributed by atoms with van der Waals surface area (Å²) < 4.78 is 21.1. The second-order valence-electron chi connectivity index (χ2n) is 5.13. The van der Waals surface area contributed by atoms with Gasteiger partial charge >= 0.3 is 0 Å². The van der Waals surface area contributed by atoms with Crippen LogP contribution in [0.15, 0.2) is 22.9 Å². The summed E-state index contributed by atoms with van der Waals surface area (Å²) in [6.07, 6.45) is 2.30. The maximum Gasteiger partial charge on any atom is 0.258 e. The highest BCUT2D eigenvalue weighted by atomic mass is 16.5. The van der Waals surface area contributed by atoms with Crippen molar-refractivity contribution >= 4 is 5.91 Å². The highest BCUT2D eigenvalue weighted by Crippen LogP contribution is 2.40. The van der Waals surface area contributed by atoms with Gasteiger partial charge in [0.2, 0.25) is 5.75 Å². The van der Waals surface area contributed by atoms with E-state index >= 15 is 0 Å². The highest BCUT2D eigenvalue weighted by molar-refractivity contribution is 5.98. The van der Waals surface area contributed by atoms with Crippen molar-refractivity contribution < 1.29 is 23.5 Å². The van der Waals surface area contributed by atoms with Crippen LogP contribution in [0, 0.1) is 0 Å². The van der Waals surface area contributed by atoms with Crippen molar-refractivity contribution in [2.75, 3.05) is 27.9 Å². The minimum atomic E-state index is -0.130. The lowest BCUT2D eigenvalue weighted by Crippen LogP contribution is -2.35. The lowest BCUT2D eigenvalue weighted by molar-refractivity contribution is 0.0724. The van der Waals surface area contributed by atoms with Crippen LogP contribution in [0.5, 0.6) is 17.2 Å². The normalized spacial score (nSPS) is 13.4. The molecule has 0 fully saturated rings. The molecular weight excluding hydrogens is 300 g/mol. The van der Waals surface area contributed by atoms with E-state index in [-0.39, 0.29) is 5.91 Å². The fraction of sp³-hybridized carbons (Fsp3) is 0.375. The highest BCUT2D eigenvalue weighted by Gasteiger charge is 2.28. The SMILES string of the molecule is COc1ccc(C(=O)N2CCc3oncc3C2)c(OC)c1OC. The molecular formula is C16H18N2O5. The number of benzene rings is 1. The van der Waals surface area contributed by atoms with Gasteiger partial charge in [-0.15, -0.1) is 0 Å². The van der Waals surface area contributed by atoms with Crippen LogP contribution in [-0.2, 0) is 13.0 Å². The molecule has 1 aromatic carbocycles. The molecule has 1 aliphatic heterocycles. The van der Waals surface area contributed by atoms with Gasteiger partial charge in [-0.05, 0) is 12.1 Å². The van der Waals surface area contributed by atoms with Gasteiger partial charge in [0, 0.05) is 18.5 Å². The van der Waals surface area contributed by atoms with Gasteiger partial charge < -0.3 is 23.6 Å². The minimum absolute atomic E-state index is 0.130. The Morgan fingerprint density at radius 2 is 1.96 bits per heavy atom. The van der Waals surface area contributed by atoms with Crippen molar-refractivity contribution in [2.24, 2.45) is 0 Å². The molecule has 0 saturated heterocycles. The summed E-state index contributed by atoms with van der Waals surface area (Å²) in [5, 5.41) is 3.78. The number of methoxy groups -OCH3 is 3. The molecule has 2 heterocycles. The fourth-order valence-electron chi connectivity index (χ4n) is 2.75. The monoisotopic (exact) mass is 318 g/mol. The quantitative estimate of drug-likeness (QED) is 0.857. The predicted molar refractivity (Wildman–Crippen MR) is 81.0 cm³/mol. The first-order chi connectivity index (χ1) is 11.2. The lowest BCUT2D eigenvalue weighted by atomic mass is 10.1. The van der Waals surface area contributed by atoms with Crippen molar-refractivity contribution in [2.45, 2.75) is 13.0 Å². The Morgan fingerprint density at radius 1 is 1.17 bits per heavy atom. The van der Waals surface area contributed by atoms with Gasteiger partial charge in [0.05, 0.1) is 39.6 Å². The zero-order valence-corrected chi connectivity index (χ0v) is 13.3. The van der Waals surface area contributed by atoms with Gasteiger partial charge in [-0.25, -0.2) is 0 Å². The number of ether oxygens (including phenoxy) is 3. The molecule has 0 N–H and O–H groups in total. The van der Waals surface area contributed by atoms with E-state index in [0.29, 0.717) is 42.3 Å². The summed E-state index contributed by atoms with van der Waals surface area (Å²) in [7, 11) is 4.55. The Hall–Kier alpha value is -2.70. The van der Waals surface area contributed by atoms with Crippen molar-refractivity contribution in [3.63, 3.8) is 0 Å². The molecule has 1 aliphatic rings. The molecule has 3 rings (SSSR count). The Balaban J connectivity index is 1.94. The molecule has 0 saturated carbocycles. The van der Waals surface area contributed by atoms with Gasteiger partial charge in [0.25, 0.3) is 5.91 Å². The summed E-state index contributed by atoms with van der Waals surface area (Å²) in [6, 6.07) is 3.38. The Bertz CT molecular complexity index is 725. The van der Waals surface area contributed by atoms with Crippen molar-refractivity contribution in [1.82, 2.24) is 10.1 Å². The average molecular weight is 318 g/mol. The Labute approximate surface area is 133 Å². The van der Waals surface area contributed by atoms with E-state index < -0.39 is 0 Å². The van der Waals surface area contributed by atoms with Crippen LogP contribution in [0.4, 0.5) is 0 Å². The van der Waals surface area contributed by atoms with Gasteiger partial charge in [0.1, 0.15) is 5.76 Å². The van der Waals surface area contributed by atoms with Crippen LogP contribution >= 0.6 is 0 Å². The number of hydrogen-bond donors (Lipinski definition) is 0. The van der Waals surface area contributed by atoms with Gasteiger partial charge in [0.15, 0.2) is 11.5 Å². The third-order valence-corrected chi connectivity index (χ3v) is 3.92. The molecule has 122 valence electrons. The zero-order valence-electron chi connectivity index (χ0n) is 13.3. The zero-order chi connectivity index (χ0) is 16.4. The molecule has 0 atom stereocenters. The molecule has 7 nitrogen and oxygen atoms in total. The van der Waals surface area contributed by atoms with Crippen LogP contribution in [0.3, 0.4) is 0 Å². The topological polar surface area (TPSA) is 74.0 Å². The van der Waals surface area contributed by atoms with Crippen LogP contribution in [0.25, 0.3) is 0 Å². The summed E-state index contributed by atoms with van der Waals surface area (Å²) >= 11 is 0. The van der Waals surface area contributed by atoms with Gasteiger partial charge in [-0.2, -0.15) is 0 Å². The standard InChI is InChI=1S/C16H18N2O5/c1-20-13-5-4-11(14(21-2)15(13)22-3)16(19)18-7-6-12-10(9-18)8-17-23-12/h4-5,8H,6-7,9H2,1-3H3. The van der Waals surface area contributed by atoms with E-state index in [4.69, 9.17) is 18.7 Å². The summed E-state index contributed by atoms with van der Waals surface area (Å²) in [5.41, 5.74) is 1.37. The van der Waals surface area contributed by atoms with Gasteiger partial charge in [-0.1, -0.05) is 5.16 Å².